The zero-order chi connectivity index (χ0) is 13.5. The summed E-state index contributed by atoms with van der Waals surface area (Å²) in [6, 6.07) is 2.20. The zero-order valence-electron chi connectivity index (χ0n) is 11.6. The lowest BCUT2D eigenvalue weighted by atomic mass is 9.84. The number of nitrogens with zero attached hydrogens (tertiary/aromatic N) is 1. The van der Waals surface area contributed by atoms with Crippen molar-refractivity contribution in [3.05, 3.63) is 0 Å². The van der Waals surface area contributed by atoms with E-state index in [4.69, 9.17) is 10.00 Å². The van der Waals surface area contributed by atoms with Gasteiger partial charge in [-0.1, -0.05) is 26.7 Å². The Morgan fingerprint density at radius 3 is 2.67 bits per heavy atom. The highest BCUT2D eigenvalue weighted by molar-refractivity contribution is 5.75. The SMILES string of the molecule is COC(=O)C(CC(C)C)NC1CCCCC1C#N. The third-order valence-electron chi connectivity index (χ3n) is 3.54. The summed E-state index contributed by atoms with van der Waals surface area (Å²) in [5.74, 6) is 0.231. The minimum absolute atomic E-state index is 0.0260. The van der Waals surface area contributed by atoms with Crippen molar-refractivity contribution in [2.75, 3.05) is 7.11 Å². The summed E-state index contributed by atoms with van der Waals surface area (Å²) in [5, 5.41) is 12.5. The average molecular weight is 252 g/mol. The normalized spacial score (nSPS) is 25.5. The summed E-state index contributed by atoms with van der Waals surface area (Å²) in [4.78, 5) is 11.7. The Hall–Kier alpha value is -1.08. The van der Waals surface area contributed by atoms with Gasteiger partial charge in [0.25, 0.3) is 0 Å². The molecule has 1 N–H and O–H groups in total. The largest absolute Gasteiger partial charge is 0.468 e. The van der Waals surface area contributed by atoms with E-state index in [1.54, 1.807) is 0 Å². The van der Waals surface area contributed by atoms with E-state index in [-0.39, 0.29) is 24.0 Å². The molecule has 0 radical (unpaired) electrons. The maximum Gasteiger partial charge on any atom is 0.322 e. The Morgan fingerprint density at radius 2 is 2.11 bits per heavy atom. The summed E-state index contributed by atoms with van der Waals surface area (Å²) >= 11 is 0. The van der Waals surface area contributed by atoms with Crippen LogP contribution in [0.4, 0.5) is 0 Å². The van der Waals surface area contributed by atoms with Crippen LogP contribution in [0.2, 0.25) is 0 Å². The molecule has 1 aliphatic carbocycles. The van der Waals surface area contributed by atoms with Crippen LogP contribution >= 0.6 is 0 Å². The Labute approximate surface area is 110 Å². The first-order valence-electron chi connectivity index (χ1n) is 6.82. The lowest BCUT2D eigenvalue weighted by Crippen LogP contribution is -2.48. The molecular weight excluding hydrogens is 228 g/mol. The maximum absolute atomic E-state index is 11.7. The number of rotatable bonds is 5. The molecule has 0 saturated heterocycles. The number of carbonyl (C=O) groups excluding carboxylic acids is 1. The fourth-order valence-electron chi connectivity index (χ4n) is 2.59. The maximum atomic E-state index is 11.7. The minimum Gasteiger partial charge on any atom is -0.468 e. The van der Waals surface area contributed by atoms with E-state index in [0.29, 0.717) is 5.92 Å². The number of nitriles is 1. The smallest absolute Gasteiger partial charge is 0.322 e. The molecule has 0 aromatic rings. The van der Waals surface area contributed by atoms with E-state index in [1.165, 1.54) is 7.11 Å². The van der Waals surface area contributed by atoms with E-state index in [2.05, 4.69) is 25.2 Å². The van der Waals surface area contributed by atoms with Crippen molar-refractivity contribution in [3.63, 3.8) is 0 Å². The fraction of sp³-hybridized carbons (Fsp3) is 0.857. The summed E-state index contributed by atoms with van der Waals surface area (Å²) in [7, 11) is 1.42. The molecule has 0 aromatic carbocycles. The quantitative estimate of drug-likeness (QED) is 0.762. The van der Waals surface area contributed by atoms with Crippen molar-refractivity contribution in [2.24, 2.45) is 11.8 Å². The number of nitrogens with one attached hydrogen (secondary N) is 1. The van der Waals surface area contributed by atoms with Gasteiger partial charge in [0.15, 0.2) is 0 Å². The van der Waals surface area contributed by atoms with E-state index in [9.17, 15) is 4.79 Å². The van der Waals surface area contributed by atoms with E-state index in [1.807, 2.05) is 0 Å². The molecule has 1 fully saturated rings. The summed E-state index contributed by atoms with van der Waals surface area (Å²) in [5.41, 5.74) is 0. The Kier molecular flexibility index (Phi) is 6.14. The number of ether oxygens (including phenoxy) is 1. The van der Waals surface area contributed by atoms with Crippen LogP contribution in [0.3, 0.4) is 0 Å². The highest BCUT2D eigenvalue weighted by Gasteiger charge is 2.30. The monoisotopic (exact) mass is 252 g/mol. The predicted octanol–water partition coefficient (Wildman–Crippen LogP) is 2.25. The molecule has 102 valence electrons. The van der Waals surface area contributed by atoms with Crippen LogP contribution < -0.4 is 5.32 Å². The number of carbonyl (C=O) groups is 1. The van der Waals surface area contributed by atoms with Crippen LogP contribution in [0.15, 0.2) is 0 Å². The van der Waals surface area contributed by atoms with Crippen LogP contribution in [0.5, 0.6) is 0 Å². The van der Waals surface area contributed by atoms with Gasteiger partial charge in [0.2, 0.25) is 0 Å². The molecule has 1 saturated carbocycles. The molecule has 3 atom stereocenters. The first-order valence-corrected chi connectivity index (χ1v) is 6.82. The van der Waals surface area contributed by atoms with Gasteiger partial charge in [0.05, 0.1) is 19.1 Å². The molecule has 0 bridgehead atoms. The highest BCUT2D eigenvalue weighted by atomic mass is 16.5. The second kappa shape index (κ2) is 7.38. The van der Waals surface area contributed by atoms with E-state index in [0.717, 1.165) is 32.1 Å². The van der Waals surface area contributed by atoms with E-state index >= 15 is 0 Å². The second-order valence-corrected chi connectivity index (χ2v) is 5.50. The molecule has 3 unspecified atom stereocenters. The van der Waals surface area contributed by atoms with Crippen molar-refractivity contribution in [2.45, 2.75) is 58.0 Å². The lowest BCUT2D eigenvalue weighted by molar-refractivity contribution is -0.144. The van der Waals surface area contributed by atoms with Crippen molar-refractivity contribution >= 4 is 5.97 Å². The summed E-state index contributed by atoms with van der Waals surface area (Å²) in [6.07, 6.45) is 4.91. The summed E-state index contributed by atoms with van der Waals surface area (Å²) < 4.78 is 4.84. The van der Waals surface area contributed by atoms with Crippen LogP contribution in [-0.2, 0) is 9.53 Å². The van der Waals surface area contributed by atoms with Crippen molar-refractivity contribution in [1.29, 1.82) is 5.26 Å². The van der Waals surface area contributed by atoms with Crippen molar-refractivity contribution in [1.82, 2.24) is 5.32 Å². The average Bonchev–Trinajstić information content (AvgIpc) is 2.37. The van der Waals surface area contributed by atoms with Gasteiger partial charge in [-0.05, 0) is 25.2 Å². The van der Waals surface area contributed by atoms with Gasteiger partial charge in [-0.3, -0.25) is 4.79 Å². The third kappa shape index (κ3) is 4.30. The van der Waals surface area contributed by atoms with Crippen LogP contribution in [0.1, 0.15) is 46.0 Å². The number of methoxy groups -OCH3 is 1. The Bertz CT molecular complexity index is 309. The molecule has 0 aliphatic heterocycles. The Morgan fingerprint density at radius 1 is 1.44 bits per heavy atom. The molecule has 4 nitrogen and oxygen atoms in total. The Balaban J connectivity index is 2.63. The van der Waals surface area contributed by atoms with Gasteiger partial charge >= 0.3 is 5.97 Å². The van der Waals surface area contributed by atoms with E-state index < -0.39 is 0 Å². The van der Waals surface area contributed by atoms with Gasteiger partial charge in [-0.25, -0.2) is 0 Å². The van der Waals surface area contributed by atoms with Gasteiger partial charge in [-0.2, -0.15) is 5.26 Å². The minimum atomic E-state index is -0.283. The molecule has 1 aliphatic rings. The summed E-state index contributed by atoms with van der Waals surface area (Å²) in [6.45, 7) is 4.17. The molecule has 0 heterocycles. The third-order valence-corrected chi connectivity index (χ3v) is 3.54. The highest BCUT2D eigenvalue weighted by Crippen LogP contribution is 2.24. The number of hydrogen-bond donors (Lipinski definition) is 1. The molecule has 18 heavy (non-hydrogen) atoms. The van der Waals surface area contributed by atoms with Crippen LogP contribution in [0, 0.1) is 23.2 Å². The van der Waals surface area contributed by atoms with Gasteiger partial charge < -0.3 is 10.1 Å². The topological polar surface area (TPSA) is 62.1 Å². The van der Waals surface area contributed by atoms with Gasteiger partial charge in [0, 0.05) is 6.04 Å². The molecule has 0 amide bonds. The predicted molar refractivity (Wildman–Crippen MR) is 69.8 cm³/mol. The molecular formula is C14H24N2O2. The molecule has 1 rings (SSSR count). The standard InChI is InChI=1S/C14H24N2O2/c1-10(2)8-13(14(17)18-3)16-12-7-5-4-6-11(12)9-15/h10-13,16H,4-8H2,1-3H3. The first kappa shape index (κ1) is 15.0. The number of hydrogen-bond acceptors (Lipinski definition) is 4. The zero-order valence-corrected chi connectivity index (χ0v) is 11.6. The molecule has 4 heteroatoms. The fourth-order valence-corrected chi connectivity index (χ4v) is 2.59. The lowest BCUT2D eigenvalue weighted by Gasteiger charge is -2.31. The van der Waals surface area contributed by atoms with Gasteiger partial charge in [-0.15, -0.1) is 0 Å². The van der Waals surface area contributed by atoms with Crippen LogP contribution in [-0.4, -0.2) is 25.2 Å². The molecule has 0 aromatic heterocycles. The second-order valence-electron chi connectivity index (χ2n) is 5.50. The van der Waals surface area contributed by atoms with Crippen LogP contribution in [0.25, 0.3) is 0 Å². The van der Waals surface area contributed by atoms with Gasteiger partial charge in [0.1, 0.15) is 6.04 Å². The van der Waals surface area contributed by atoms with Crippen molar-refractivity contribution in [3.8, 4) is 6.07 Å². The number of esters is 1. The molecule has 0 spiro atoms. The first-order chi connectivity index (χ1) is 8.58. The van der Waals surface area contributed by atoms with Crippen molar-refractivity contribution < 1.29 is 9.53 Å².